The molecule has 0 saturated carbocycles. The third-order valence-corrected chi connectivity index (χ3v) is 5.55. The number of nitrogens with zero attached hydrogens (tertiary/aromatic N) is 1. The van der Waals surface area contributed by atoms with Crippen LogP contribution in [0.4, 0.5) is 8.78 Å². The van der Waals surface area contributed by atoms with E-state index in [2.05, 4.69) is 0 Å². The summed E-state index contributed by atoms with van der Waals surface area (Å²) < 4.78 is 51.0. The van der Waals surface area contributed by atoms with Gasteiger partial charge in [-0.3, -0.25) is 4.79 Å². The van der Waals surface area contributed by atoms with E-state index >= 15 is 0 Å². The minimum absolute atomic E-state index is 0.0600. The fraction of sp³-hybridized carbons (Fsp3) is 0.278. The molecular weight excluding hydrogens is 348 g/mol. The van der Waals surface area contributed by atoms with Gasteiger partial charge in [0.1, 0.15) is 11.6 Å². The summed E-state index contributed by atoms with van der Waals surface area (Å²) >= 11 is 0. The maximum atomic E-state index is 13.6. The zero-order valence-electron chi connectivity index (χ0n) is 14.0. The molecule has 7 heteroatoms. The van der Waals surface area contributed by atoms with E-state index in [0.29, 0.717) is 0 Å². The van der Waals surface area contributed by atoms with Crippen LogP contribution in [0.15, 0.2) is 47.4 Å². The van der Waals surface area contributed by atoms with Gasteiger partial charge in [0.05, 0.1) is 10.6 Å². The standard InChI is InChI=1S/C18H19F2NO3S/c1-13-3-7-16(8-4-13)25(23,24)10-9-18(22)21(2)12-14-5-6-15(19)11-17(14)20/h3-8,11H,9-10,12H2,1-2H3. The monoisotopic (exact) mass is 367 g/mol. The summed E-state index contributed by atoms with van der Waals surface area (Å²) in [6.45, 7) is 1.79. The highest BCUT2D eigenvalue weighted by Crippen LogP contribution is 2.15. The highest BCUT2D eigenvalue weighted by molar-refractivity contribution is 7.91. The van der Waals surface area contributed by atoms with E-state index in [4.69, 9.17) is 0 Å². The molecule has 0 aliphatic rings. The largest absolute Gasteiger partial charge is 0.341 e. The molecule has 1 amide bonds. The number of rotatable bonds is 6. The van der Waals surface area contributed by atoms with Gasteiger partial charge in [0.25, 0.3) is 0 Å². The summed E-state index contributed by atoms with van der Waals surface area (Å²) in [5, 5.41) is 0. The van der Waals surface area contributed by atoms with Crippen LogP contribution in [0.2, 0.25) is 0 Å². The lowest BCUT2D eigenvalue weighted by atomic mass is 10.2. The molecule has 0 aromatic heterocycles. The van der Waals surface area contributed by atoms with Crippen LogP contribution in [0.3, 0.4) is 0 Å². The summed E-state index contributed by atoms with van der Waals surface area (Å²) in [5.41, 5.74) is 1.11. The quantitative estimate of drug-likeness (QED) is 0.788. The summed E-state index contributed by atoms with van der Waals surface area (Å²) in [5.74, 6) is -2.20. The van der Waals surface area contributed by atoms with Crippen molar-refractivity contribution in [2.75, 3.05) is 12.8 Å². The van der Waals surface area contributed by atoms with Gasteiger partial charge in [-0.25, -0.2) is 17.2 Å². The molecule has 4 nitrogen and oxygen atoms in total. The lowest BCUT2D eigenvalue weighted by Crippen LogP contribution is -2.28. The zero-order valence-corrected chi connectivity index (χ0v) is 14.8. The number of benzene rings is 2. The predicted molar refractivity (Wildman–Crippen MR) is 90.7 cm³/mol. The Labute approximate surface area is 146 Å². The van der Waals surface area contributed by atoms with Gasteiger partial charge in [-0.05, 0) is 25.1 Å². The summed E-state index contributed by atoms with van der Waals surface area (Å²) in [4.78, 5) is 13.5. The molecule has 0 bridgehead atoms. The molecule has 2 aromatic rings. The van der Waals surface area contributed by atoms with Crippen LogP contribution >= 0.6 is 0 Å². The Hall–Kier alpha value is -2.28. The molecule has 0 saturated heterocycles. The van der Waals surface area contributed by atoms with Crippen LogP contribution in [0.25, 0.3) is 0 Å². The Kier molecular flexibility index (Phi) is 5.89. The number of carbonyl (C=O) groups excluding carboxylic acids is 1. The van der Waals surface area contributed by atoms with Gasteiger partial charge in [-0.15, -0.1) is 0 Å². The highest BCUT2D eigenvalue weighted by Gasteiger charge is 2.19. The van der Waals surface area contributed by atoms with Crippen LogP contribution in [0.1, 0.15) is 17.5 Å². The molecule has 134 valence electrons. The van der Waals surface area contributed by atoms with Crippen LogP contribution < -0.4 is 0 Å². The van der Waals surface area contributed by atoms with E-state index in [9.17, 15) is 22.0 Å². The first-order chi connectivity index (χ1) is 11.7. The molecule has 0 aliphatic heterocycles. The van der Waals surface area contributed by atoms with Crippen molar-refractivity contribution in [1.82, 2.24) is 4.90 Å². The van der Waals surface area contributed by atoms with Crippen molar-refractivity contribution < 1.29 is 22.0 Å². The highest BCUT2D eigenvalue weighted by atomic mass is 32.2. The van der Waals surface area contributed by atoms with Gasteiger partial charge < -0.3 is 4.90 Å². The van der Waals surface area contributed by atoms with Crippen molar-refractivity contribution in [3.8, 4) is 0 Å². The minimum Gasteiger partial charge on any atom is -0.341 e. The van der Waals surface area contributed by atoms with Crippen LogP contribution in [-0.4, -0.2) is 32.0 Å². The Morgan fingerprint density at radius 3 is 2.32 bits per heavy atom. The Morgan fingerprint density at radius 1 is 1.08 bits per heavy atom. The van der Waals surface area contributed by atoms with Gasteiger partial charge in [-0.2, -0.15) is 0 Å². The van der Waals surface area contributed by atoms with Crippen molar-refractivity contribution in [3.05, 3.63) is 65.2 Å². The van der Waals surface area contributed by atoms with Crippen LogP contribution in [0.5, 0.6) is 0 Å². The van der Waals surface area contributed by atoms with Crippen molar-refractivity contribution >= 4 is 15.7 Å². The topological polar surface area (TPSA) is 54.5 Å². The van der Waals surface area contributed by atoms with Gasteiger partial charge in [-0.1, -0.05) is 23.8 Å². The molecule has 0 unspecified atom stereocenters. The van der Waals surface area contributed by atoms with E-state index in [1.165, 1.54) is 30.1 Å². The number of aryl methyl sites for hydroxylation is 1. The SMILES string of the molecule is Cc1ccc(S(=O)(=O)CCC(=O)N(C)Cc2ccc(F)cc2F)cc1. The molecule has 2 aromatic carbocycles. The van der Waals surface area contributed by atoms with Crippen molar-refractivity contribution in [2.45, 2.75) is 24.8 Å². The van der Waals surface area contributed by atoms with E-state index in [-0.39, 0.29) is 29.2 Å². The van der Waals surface area contributed by atoms with Crippen molar-refractivity contribution in [2.24, 2.45) is 0 Å². The molecule has 2 rings (SSSR count). The Morgan fingerprint density at radius 2 is 1.72 bits per heavy atom. The second-order valence-corrected chi connectivity index (χ2v) is 7.98. The third-order valence-electron chi connectivity index (χ3n) is 3.81. The molecule has 25 heavy (non-hydrogen) atoms. The van der Waals surface area contributed by atoms with Gasteiger partial charge in [0.2, 0.25) is 5.91 Å². The van der Waals surface area contributed by atoms with E-state index < -0.39 is 27.4 Å². The van der Waals surface area contributed by atoms with Gasteiger partial charge >= 0.3 is 0 Å². The normalized spacial score (nSPS) is 11.4. The Balaban J connectivity index is 1.98. The first-order valence-corrected chi connectivity index (χ1v) is 9.31. The van der Waals surface area contributed by atoms with Crippen LogP contribution in [-0.2, 0) is 21.2 Å². The number of carbonyl (C=O) groups is 1. The maximum absolute atomic E-state index is 13.6. The van der Waals surface area contributed by atoms with E-state index in [1.807, 2.05) is 6.92 Å². The number of amides is 1. The lowest BCUT2D eigenvalue weighted by Gasteiger charge is -2.17. The van der Waals surface area contributed by atoms with Gasteiger partial charge in [0, 0.05) is 31.6 Å². The smallest absolute Gasteiger partial charge is 0.223 e. The summed E-state index contributed by atoms with van der Waals surface area (Å²) in [6.07, 6.45) is -0.213. The third kappa shape index (κ3) is 5.09. The fourth-order valence-corrected chi connectivity index (χ4v) is 3.50. The first kappa shape index (κ1) is 19.1. The van der Waals surface area contributed by atoms with Crippen molar-refractivity contribution in [3.63, 3.8) is 0 Å². The number of hydrogen-bond donors (Lipinski definition) is 0. The number of hydrogen-bond acceptors (Lipinski definition) is 3. The molecular formula is C18H19F2NO3S. The summed E-state index contributed by atoms with van der Waals surface area (Å²) in [6, 6.07) is 9.52. The van der Waals surface area contributed by atoms with E-state index in [0.717, 1.165) is 17.7 Å². The molecule has 0 radical (unpaired) electrons. The van der Waals surface area contributed by atoms with Crippen molar-refractivity contribution in [1.29, 1.82) is 0 Å². The molecule has 0 spiro atoms. The Bertz CT molecular complexity index is 864. The first-order valence-electron chi connectivity index (χ1n) is 7.66. The molecule has 0 heterocycles. The zero-order chi connectivity index (χ0) is 18.6. The van der Waals surface area contributed by atoms with Gasteiger partial charge in [0.15, 0.2) is 9.84 Å². The molecule has 0 aliphatic carbocycles. The maximum Gasteiger partial charge on any atom is 0.223 e. The molecule has 0 N–H and O–H groups in total. The number of sulfone groups is 1. The second-order valence-electron chi connectivity index (χ2n) is 5.87. The predicted octanol–water partition coefficient (Wildman–Crippen LogP) is 3.10. The average Bonchev–Trinajstić information content (AvgIpc) is 2.55. The average molecular weight is 367 g/mol. The summed E-state index contributed by atoms with van der Waals surface area (Å²) in [7, 11) is -2.12. The van der Waals surface area contributed by atoms with Crippen LogP contribution in [0, 0.1) is 18.6 Å². The lowest BCUT2D eigenvalue weighted by molar-refractivity contribution is -0.130. The minimum atomic E-state index is -3.56. The fourth-order valence-electron chi connectivity index (χ4n) is 2.27. The molecule has 0 fully saturated rings. The molecule has 0 atom stereocenters. The van der Waals surface area contributed by atoms with E-state index in [1.54, 1.807) is 12.1 Å². The second kappa shape index (κ2) is 7.74. The number of halogens is 2.